The van der Waals surface area contributed by atoms with Gasteiger partial charge in [-0.05, 0) is 31.9 Å². The first kappa shape index (κ1) is 14.5. The van der Waals surface area contributed by atoms with E-state index in [0.717, 1.165) is 5.56 Å². The number of hydrogen-bond acceptors (Lipinski definition) is 3. The number of benzene rings is 1. The molecule has 0 radical (unpaired) electrons. The molecule has 0 heterocycles. The van der Waals surface area contributed by atoms with E-state index in [1.165, 1.54) is 0 Å². The van der Waals surface area contributed by atoms with E-state index in [2.05, 4.69) is 0 Å². The van der Waals surface area contributed by atoms with Gasteiger partial charge >= 0.3 is 5.97 Å². The summed E-state index contributed by atoms with van der Waals surface area (Å²) in [4.78, 5) is 11.1. The van der Waals surface area contributed by atoms with E-state index in [-0.39, 0.29) is 23.8 Å². The minimum atomic E-state index is -1.03. The Bertz CT molecular complexity index is 435. The number of aromatic carboxylic acids is 1. The maximum Gasteiger partial charge on any atom is 0.339 e. The Morgan fingerprint density at radius 2 is 2.06 bits per heavy atom. The first-order valence-corrected chi connectivity index (χ1v) is 5.93. The van der Waals surface area contributed by atoms with Gasteiger partial charge in [0.25, 0.3) is 0 Å². The molecule has 0 bridgehead atoms. The molecule has 1 aromatic carbocycles. The summed E-state index contributed by atoms with van der Waals surface area (Å²) >= 11 is 0. The first-order chi connectivity index (χ1) is 8.24. The molecule has 1 unspecified atom stereocenters. The minimum absolute atomic E-state index is 0.0243. The molecule has 1 aromatic rings. The zero-order valence-electron chi connectivity index (χ0n) is 11.2. The second-order valence-electron chi connectivity index (χ2n) is 5.11. The third kappa shape index (κ3) is 3.47. The highest BCUT2D eigenvalue weighted by molar-refractivity contribution is 5.91. The van der Waals surface area contributed by atoms with Crippen molar-refractivity contribution < 1.29 is 19.7 Å². The molecular formula is C14H20O4. The lowest BCUT2D eigenvalue weighted by atomic mass is 9.94. The fourth-order valence-corrected chi connectivity index (χ4v) is 1.33. The van der Waals surface area contributed by atoms with Gasteiger partial charge in [-0.15, -0.1) is 0 Å². The Kier molecular flexibility index (Phi) is 4.35. The minimum Gasteiger partial charge on any atom is -0.490 e. The van der Waals surface area contributed by atoms with Crippen molar-refractivity contribution in [2.75, 3.05) is 6.61 Å². The van der Waals surface area contributed by atoms with Gasteiger partial charge in [-0.1, -0.05) is 25.5 Å². The average molecular weight is 252 g/mol. The van der Waals surface area contributed by atoms with Crippen LogP contribution >= 0.6 is 0 Å². The number of hydrogen-bond donors (Lipinski definition) is 2. The second kappa shape index (κ2) is 5.40. The molecule has 0 aliphatic carbocycles. The number of carbonyl (C=O) groups is 1. The molecule has 1 atom stereocenters. The lowest BCUT2D eigenvalue weighted by Gasteiger charge is -2.27. The van der Waals surface area contributed by atoms with Gasteiger partial charge in [0, 0.05) is 0 Å². The number of carboxylic acids is 1. The molecule has 0 spiro atoms. The molecule has 18 heavy (non-hydrogen) atoms. The van der Waals surface area contributed by atoms with Crippen LogP contribution in [0.4, 0.5) is 0 Å². The van der Waals surface area contributed by atoms with Crippen molar-refractivity contribution >= 4 is 5.97 Å². The van der Waals surface area contributed by atoms with Crippen LogP contribution in [-0.4, -0.2) is 28.4 Å². The number of carboxylic acid groups (broad SMARTS) is 1. The third-order valence-corrected chi connectivity index (χ3v) is 3.13. The summed E-state index contributed by atoms with van der Waals surface area (Å²) in [6, 6.07) is 4.96. The topological polar surface area (TPSA) is 66.8 Å². The predicted octanol–water partition coefficient (Wildman–Crippen LogP) is 2.48. The van der Waals surface area contributed by atoms with Gasteiger partial charge in [0.05, 0.1) is 5.60 Å². The van der Waals surface area contributed by atoms with Crippen LogP contribution in [0.2, 0.25) is 0 Å². The number of aryl methyl sites for hydroxylation is 1. The van der Waals surface area contributed by atoms with Crippen LogP contribution in [0.5, 0.6) is 5.75 Å². The Balaban J connectivity index is 2.89. The molecule has 0 aliphatic rings. The molecule has 0 saturated carbocycles. The maximum absolute atomic E-state index is 11.1. The number of aliphatic hydroxyl groups is 1. The number of rotatable bonds is 5. The molecule has 4 nitrogen and oxygen atoms in total. The third-order valence-electron chi connectivity index (χ3n) is 3.13. The van der Waals surface area contributed by atoms with Crippen molar-refractivity contribution in [3.8, 4) is 5.75 Å². The molecule has 0 amide bonds. The van der Waals surface area contributed by atoms with Crippen LogP contribution in [-0.2, 0) is 0 Å². The van der Waals surface area contributed by atoms with E-state index in [1.807, 2.05) is 20.8 Å². The molecule has 4 heteroatoms. The fourth-order valence-electron chi connectivity index (χ4n) is 1.33. The summed E-state index contributed by atoms with van der Waals surface area (Å²) in [6.45, 7) is 7.33. The van der Waals surface area contributed by atoms with Gasteiger partial charge in [-0.2, -0.15) is 0 Å². The lowest BCUT2D eigenvalue weighted by Crippen LogP contribution is -2.38. The fraction of sp³-hybridized carbons (Fsp3) is 0.500. The van der Waals surface area contributed by atoms with Gasteiger partial charge in [0.1, 0.15) is 17.9 Å². The maximum atomic E-state index is 11.1. The zero-order valence-corrected chi connectivity index (χ0v) is 11.2. The highest BCUT2D eigenvalue weighted by Crippen LogP contribution is 2.23. The Morgan fingerprint density at radius 3 is 2.56 bits per heavy atom. The van der Waals surface area contributed by atoms with Crippen molar-refractivity contribution in [3.05, 3.63) is 29.3 Å². The average Bonchev–Trinajstić information content (AvgIpc) is 2.27. The van der Waals surface area contributed by atoms with Crippen LogP contribution < -0.4 is 4.74 Å². The van der Waals surface area contributed by atoms with Crippen LogP contribution in [0.3, 0.4) is 0 Å². The summed E-state index contributed by atoms with van der Waals surface area (Å²) in [6.07, 6.45) is 0. The second-order valence-corrected chi connectivity index (χ2v) is 5.11. The normalized spacial score (nSPS) is 14.3. The highest BCUT2D eigenvalue weighted by Gasteiger charge is 2.26. The molecule has 1 rings (SSSR count). The quantitative estimate of drug-likeness (QED) is 0.844. The van der Waals surface area contributed by atoms with Gasteiger partial charge in [-0.3, -0.25) is 0 Å². The van der Waals surface area contributed by atoms with Crippen molar-refractivity contribution in [2.24, 2.45) is 5.92 Å². The van der Waals surface area contributed by atoms with E-state index in [1.54, 1.807) is 25.1 Å². The molecule has 0 fully saturated rings. The summed E-state index contributed by atoms with van der Waals surface area (Å²) < 4.78 is 5.45. The van der Waals surface area contributed by atoms with Gasteiger partial charge < -0.3 is 14.9 Å². The van der Waals surface area contributed by atoms with Crippen molar-refractivity contribution in [1.82, 2.24) is 0 Å². The zero-order chi connectivity index (χ0) is 13.9. The SMILES string of the molecule is Cc1ccc(OCC(C)(O)C(C)C)c(C(=O)O)c1. The molecule has 100 valence electrons. The van der Waals surface area contributed by atoms with Crippen molar-refractivity contribution in [1.29, 1.82) is 0 Å². The van der Waals surface area contributed by atoms with E-state index in [9.17, 15) is 9.90 Å². The largest absolute Gasteiger partial charge is 0.490 e. The molecular weight excluding hydrogens is 232 g/mol. The highest BCUT2D eigenvalue weighted by atomic mass is 16.5. The van der Waals surface area contributed by atoms with Crippen molar-refractivity contribution in [3.63, 3.8) is 0 Å². The smallest absolute Gasteiger partial charge is 0.339 e. The summed E-state index contributed by atoms with van der Waals surface area (Å²) in [7, 11) is 0. The summed E-state index contributed by atoms with van der Waals surface area (Å²) in [5.74, 6) is -0.719. The van der Waals surface area contributed by atoms with E-state index < -0.39 is 11.6 Å². The lowest BCUT2D eigenvalue weighted by molar-refractivity contribution is -0.0269. The van der Waals surface area contributed by atoms with Gasteiger partial charge in [0.2, 0.25) is 0 Å². The van der Waals surface area contributed by atoms with Crippen LogP contribution in [0, 0.1) is 12.8 Å². The van der Waals surface area contributed by atoms with Gasteiger partial charge in [0.15, 0.2) is 0 Å². The standard InChI is InChI=1S/C14H20O4/c1-9(2)14(4,17)8-18-12-6-5-10(3)7-11(12)13(15)16/h5-7,9,17H,8H2,1-4H3,(H,15,16). The van der Waals surface area contributed by atoms with Crippen LogP contribution in [0.25, 0.3) is 0 Å². The van der Waals surface area contributed by atoms with Gasteiger partial charge in [-0.25, -0.2) is 4.79 Å². The summed E-state index contributed by atoms with van der Waals surface area (Å²) in [5, 5.41) is 19.2. The van der Waals surface area contributed by atoms with E-state index >= 15 is 0 Å². The predicted molar refractivity (Wildman–Crippen MR) is 69.1 cm³/mol. The Hall–Kier alpha value is -1.55. The first-order valence-electron chi connectivity index (χ1n) is 5.93. The molecule has 2 N–H and O–H groups in total. The van der Waals surface area contributed by atoms with Crippen LogP contribution in [0.1, 0.15) is 36.7 Å². The monoisotopic (exact) mass is 252 g/mol. The molecule has 0 aromatic heterocycles. The Morgan fingerprint density at radius 1 is 1.44 bits per heavy atom. The molecule has 0 saturated heterocycles. The van der Waals surface area contributed by atoms with Crippen molar-refractivity contribution in [2.45, 2.75) is 33.3 Å². The Labute approximate surface area is 107 Å². The van der Waals surface area contributed by atoms with E-state index in [4.69, 9.17) is 9.84 Å². The van der Waals surface area contributed by atoms with E-state index in [0.29, 0.717) is 0 Å². The number of ether oxygens (including phenoxy) is 1. The molecule has 0 aliphatic heterocycles. The van der Waals surface area contributed by atoms with Crippen LogP contribution in [0.15, 0.2) is 18.2 Å². The summed E-state index contributed by atoms with van der Waals surface area (Å²) in [5.41, 5.74) is -0.00867.